The monoisotopic (exact) mass is 814 g/mol. The number of pyridine rings is 1. The lowest BCUT2D eigenvalue weighted by Crippen LogP contribution is -2.47. The van der Waals surface area contributed by atoms with Gasteiger partial charge in [-0.3, -0.25) is 9.59 Å². The second-order valence-electron chi connectivity index (χ2n) is 16.2. The van der Waals surface area contributed by atoms with Gasteiger partial charge in [0.05, 0.1) is 51.2 Å². The molecule has 6 heterocycles. The van der Waals surface area contributed by atoms with Gasteiger partial charge in [0.2, 0.25) is 11.8 Å². The minimum absolute atomic E-state index is 0.0198. The average molecular weight is 816 g/mol. The minimum atomic E-state index is -4.52. The molecule has 4 saturated heterocycles. The van der Waals surface area contributed by atoms with Gasteiger partial charge in [-0.25, -0.2) is 9.37 Å². The first-order valence-electron chi connectivity index (χ1n) is 19.4. The summed E-state index contributed by atoms with van der Waals surface area (Å²) in [5.74, 6) is -1.41. The molecule has 292 valence electrons. The van der Waals surface area contributed by atoms with E-state index in [1.54, 1.807) is 18.2 Å². The summed E-state index contributed by atoms with van der Waals surface area (Å²) in [7, 11) is 0. The van der Waals surface area contributed by atoms with Crippen molar-refractivity contribution in [1.29, 1.82) is 5.26 Å². The van der Waals surface area contributed by atoms with E-state index in [9.17, 15) is 28.0 Å². The summed E-state index contributed by atoms with van der Waals surface area (Å²) in [6.45, 7) is 2.78. The molecule has 4 bridgehead atoms. The van der Waals surface area contributed by atoms with E-state index in [2.05, 4.69) is 16.0 Å². The molecule has 0 spiro atoms. The standard InChI is InChI=1S/C43H36Cl2F4N6O2/c1-20-28-17-33(40-30-16-26(54(40)41(56)21-7-8-21)19-53(42(30)57)25-11-9-24(10-12-25)43(47,48)49)55(38-23-15-32(38)51-18-23)39(28)29-14-22(4-3-13-50)34(36(46)37(29)52-20)27-5-2-6-31(44)35(27)45/h2,5-6,9-12,14,17,21,23,26,30,32,38,40,51H,3-4,7-8,15-16,18-19H2,1H3/t23-,26-,30-,32-,38+,40-/m1/s1. The van der Waals surface area contributed by atoms with Crippen LogP contribution in [-0.2, 0) is 22.2 Å². The summed E-state index contributed by atoms with van der Waals surface area (Å²) in [6, 6.07) is 14.8. The number of anilines is 1. The number of fused-ring (bicyclic) bond motifs is 6. The van der Waals surface area contributed by atoms with Gasteiger partial charge in [0.15, 0.2) is 5.82 Å². The van der Waals surface area contributed by atoms with Crippen LogP contribution in [0.3, 0.4) is 0 Å². The normalized spacial score (nSPS) is 25.4. The van der Waals surface area contributed by atoms with Crippen molar-refractivity contribution in [2.75, 3.05) is 18.0 Å². The molecule has 0 unspecified atom stereocenters. The number of nitrogens with one attached hydrogen (secondary N) is 1. The van der Waals surface area contributed by atoms with E-state index in [1.165, 1.54) is 17.0 Å². The molecule has 3 aromatic carbocycles. The Balaban J connectivity index is 1.19. The van der Waals surface area contributed by atoms with Crippen LogP contribution in [0.25, 0.3) is 32.9 Å². The predicted molar refractivity (Wildman–Crippen MR) is 208 cm³/mol. The highest BCUT2D eigenvalue weighted by Gasteiger charge is 2.57. The molecule has 57 heavy (non-hydrogen) atoms. The number of nitriles is 1. The van der Waals surface area contributed by atoms with Gasteiger partial charge in [-0.05, 0) is 93.0 Å². The molecule has 8 nitrogen and oxygen atoms in total. The number of nitrogens with zero attached hydrogens (tertiary/aromatic N) is 5. The lowest BCUT2D eigenvalue weighted by molar-refractivity contribution is -0.138. The number of aromatic nitrogens is 2. The Kier molecular flexibility index (Phi) is 8.46. The Morgan fingerprint density at radius 3 is 2.51 bits per heavy atom. The van der Waals surface area contributed by atoms with Crippen LogP contribution in [0.5, 0.6) is 0 Å². The molecule has 2 aromatic heterocycles. The fourth-order valence-corrected chi connectivity index (χ4v) is 10.6. The van der Waals surface area contributed by atoms with E-state index >= 15 is 4.39 Å². The Hall–Kier alpha value is -4.70. The number of carbonyl (C=O) groups is 2. The first-order chi connectivity index (χ1) is 27.3. The molecule has 2 saturated carbocycles. The first-order valence-corrected chi connectivity index (χ1v) is 20.1. The van der Waals surface area contributed by atoms with Crippen LogP contribution < -0.4 is 10.2 Å². The summed E-state index contributed by atoms with van der Waals surface area (Å²) >= 11 is 13.1. The Morgan fingerprint density at radius 2 is 1.84 bits per heavy atom. The fraction of sp³-hybridized carbons (Fsp3) is 0.395. The second kappa shape index (κ2) is 13.2. The molecule has 6 aliphatic rings. The first kappa shape index (κ1) is 36.6. The van der Waals surface area contributed by atoms with Crippen LogP contribution in [0.1, 0.15) is 66.7 Å². The van der Waals surface area contributed by atoms with Crippen molar-refractivity contribution in [1.82, 2.24) is 19.8 Å². The van der Waals surface area contributed by atoms with E-state index in [0.717, 1.165) is 54.5 Å². The van der Waals surface area contributed by atoms with Crippen molar-refractivity contribution >= 4 is 62.5 Å². The fourth-order valence-electron chi connectivity index (χ4n) is 10.2. The number of hydrogen-bond donors (Lipinski definition) is 1. The molecular formula is C43H36Cl2F4N6O2. The number of alkyl halides is 3. The number of aryl methyl sites for hydroxylation is 2. The quantitative estimate of drug-likeness (QED) is 0.165. The van der Waals surface area contributed by atoms with Crippen molar-refractivity contribution in [3.63, 3.8) is 0 Å². The van der Waals surface area contributed by atoms with Gasteiger partial charge in [0.1, 0.15) is 5.52 Å². The lowest BCUT2D eigenvalue weighted by atomic mass is 9.79. The molecule has 2 aliphatic carbocycles. The number of carbonyl (C=O) groups excluding carboxylic acids is 2. The highest BCUT2D eigenvalue weighted by atomic mass is 35.5. The average Bonchev–Trinajstić information content (AvgIpc) is 3.46. The van der Waals surface area contributed by atoms with E-state index < -0.39 is 29.5 Å². The molecule has 1 N–H and O–H groups in total. The Labute approximate surface area is 335 Å². The molecule has 4 aliphatic heterocycles. The summed E-state index contributed by atoms with van der Waals surface area (Å²) < 4.78 is 60.0. The van der Waals surface area contributed by atoms with Crippen molar-refractivity contribution in [2.24, 2.45) is 17.8 Å². The maximum atomic E-state index is 17.3. The third kappa shape index (κ3) is 5.59. The lowest BCUT2D eigenvalue weighted by Gasteiger charge is -2.40. The number of rotatable bonds is 7. The highest BCUT2D eigenvalue weighted by molar-refractivity contribution is 6.43. The van der Waals surface area contributed by atoms with Gasteiger partial charge in [0.25, 0.3) is 0 Å². The van der Waals surface area contributed by atoms with Crippen molar-refractivity contribution in [2.45, 2.75) is 75.8 Å². The van der Waals surface area contributed by atoms with E-state index in [-0.39, 0.29) is 82.3 Å². The zero-order chi connectivity index (χ0) is 39.7. The number of piperidine rings is 1. The summed E-state index contributed by atoms with van der Waals surface area (Å²) in [4.78, 5) is 37.3. The predicted octanol–water partition coefficient (Wildman–Crippen LogP) is 9.33. The molecular weight excluding hydrogens is 779 g/mol. The van der Waals surface area contributed by atoms with E-state index in [0.29, 0.717) is 34.3 Å². The number of benzene rings is 3. The van der Waals surface area contributed by atoms with Gasteiger partial charge in [0, 0.05) is 70.4 Å². The molecule has 0 radical (unpaired) electrons. The largest absolute Gasteiger partial charge is 0.416 e. The summed E-state index contributed by atoms with van der Waals surface area (Å²) in [6.07, 6.45) is -1.27. The maximum absolute atomic E-state index is 17.3. The number of likely N-dealkylation sites (tertiary alicyclic amines) is 1. The zero-order valence-electron chi connectivity index (χ0n) is 30.7. The SMILES string of the molecule is Cc1nc2c(F)c(-c3cccc(Cl)c3Cl)c(CCC#N)cc2c2c1cc([C@H]1[C@H]3C[C@H](CN(c4ccc(C(F)(F)F)cc4)C3=O)N1C(=O)C1CC1)n2[C@H]1[C@H]2CN[C@@H]1C2. The van der Waals surface area contributed by atoms with E-state index in [1.807, 2.05) is 24.0 Å². The molecule has 2 amide bonds. The summed E-state index contributed by atoms with van der Waals surface area (Å²) in [5.41, 5.74) is 3.00. The number of halogens is 6. The minimum Gasteiger partial charge on any atom is -0.337 e. The third-order valence-electron chi connectivity index (χ3n) is 13.0. The van der Waals surface area contributed by atoms with Crippen molar-refractivity contribution < 1.29 is 27.2 Å². The molecule has 6 atom stereocenters. The maximum Gasteiger partial charge on any atom is 0.416 e. The Bertz CT molecular complexity index is 2570. The molecule has 11 rings (SSSR count). The van der Waals surface area contributed by atoms with Crippen LogP contribution in [0.4, 0.5) is 23.2 Å². The van der Waals surface area contributed by atoms with Gasteiger partial charge in [-0.2, -0.15) is 18.4 Å². The van der Waals surface area contributed by atoms with Crippen molar-refractivity contribution in [3.8, 4) is 17.2 Å². The number of amides is 2. The van der Waals surface area contributed by atoms with Gasteiger partial charge < -0.3 is 19.7 Å². The number of hydrogen-bond acceptors (Lipinski definition) is 5. The van der Waals surface area contributed by atoms with Gasteiger partial charge in [-0.1, -0.05) is 35.3 Å². The van der Waals surface area contributed by atoms with Gasteiger partial charge >= 0.3 is 6.18 Å². The Morgan fingerprint density at radius 1 is 1.07 bits per heavy atom. The van der Waals surface area contributed by atoms with Crippen LogP contribution in [0.15, 0.2) is 54.6 Å². The van der Waals surface area contributed by atoms with Crippen LogP contribution in [0.2, 0.25) is 10.0 Å². The van der Waals surface area contributed by atoms with Crippen LogP contribution in [0, 0.1) is 41.8 Å². The van der Waals surface area contributed by atoms with Crippen LogP contribution >= 0.6 is 23.2 Å². The second-order valence-corrected chi connectivity index (χ2v) is 17.0. The molecule has 6 fully saturated rings. The zero-order valence-corrected chi connectivity index (χ0v) is 32.2. The smallest absolute Gasteiger partial charge is 0.337 e. The van der Waals surface area contributed by atoms with Gasteiger partial charge in [-0.15, -0.1) is 0 Å². The third-order valence-corrected chi connectivity index (χ3v) is 13.8. The molecule has 5 aromatic rings. The van der Waals surface area contributed by atoms with E-state index in [4.69, 9.17) is 28.2 Å². The summed E-state index contributed by atoms with van der Waals surface area (Å²) in [5, 5.41) is 15.1. The topological polar surface area (TPSA) is 94.3 Å². The van der Waals surface area contributed by atoms with Crippen LogP contribution in [-0.4, -0.2) is 51.4 Å². The highest BCUT2D eigenvalue weighted by Crippen LogP contribution is 2.54. The van der Waals surface area contributed by atoms with Crippen molar-refractivity contribution in [3.05, 3.63) is 93.0 Å². The molecule has 14 heteroatoms.